The lowest BCUT2D eigenvalue weighted by Crippen LogP contribution is -2.38. The highest BCUT2D eigenvalue weighted by Crippen LogP contribution is 2.33. The van der Waals surface area contributed by atoms with Gasteiger partial charge in [0, 0.05) is 29.2 Å². The van der Waals surface area contributed by atoms with E-state index in [-0.39, 0.29) is 17.3 Å². The molecule has 1 aromatic carbocycles. The molecular weight excluding hydrogens is 318 g/mol. The highest BCUT2D eigenvalue weighted by molar-refractivity contribution is 7.99. The molecule has 0 aliphatic carbocycles. The summed E-state index contributed by atoms with van der Waals surface area (Å²) in [6.07, 6.45) is 3.62. The van der Waals surface area contributed by atoms with Crippen molar-refractivity contribution in [1.29, 1.82) is 0 Å². The molecule has 1 saturated heterocycles. The first-order valence-electron chi connectivity index (χ1n) is 8.04. The van der Waals surface area contributed by atoms with Crippen LogP contribution >= 0.6 is 11.8 Å². The average molecular weight is 337 g/mol. The van der Waals surface area contributed by atoms with Crippen molar-refractivity contribution in [3.8, 4) is 0 Å². The fourth-order valence-electron chi connectivity index (χ4n) is 3.26. The van der Waals surface area contributed by atoms with E-state index in [0.717, 1.165) is 27.9 Å². The number of aromatic nitrogens is 2. The maximum atomic E-state index is 13.1. The molecule has 2 aromatic heterocycles. The first-order valence-corrected chi connectivity index (χ1v) is 9.09. The third-order valence-electron chi connectivity index (χ3n) is 4.43. The molecular formula is C19H19N3OS. The second-order valence-electron chi connectivity index (χ2n) is 6.24. The summed E-state index contributed by atoms with van der Waals surface area (Å²) < 4.78 is 1.85. The molecule has 0 bridgehead atoms. The number of benzene rings is 1. The average Bonchev–Trinajstić information content (AvgIpc) is 3.19. The number of nitrogens with one attached hydrogen (secondary N) is 1. The zero-order valence-electron chi connectivity index (χ0n) is 13.7. The molecule has 1 aliphatic rings. The topological polar surface area (TPSA) is 46.9 Å². The normalized spacial score (nSPS) is 20.6. The zero-order chi connectivity index (χ0) is 16.7. The van der Waals surface area contributed by atoms with Crippen LogP contribution in [0.25, 0.3) is 10.9 Å². The number of carbonyl (C=O) groups is 1. The Bertz CT molecular complexity index is 904. The van der Waals surface area contributed by atoms with Crippen molar-refractivity contribution in [2.45, 2.75) is 25.3 Å². The minimum absolute atomic E-state index is 0.116. The molecule has 122 valence electrons. The molecule has 2 atom stereocenters. The Kier molecular flexibility index (Phi) is 3.90. The van der Waals surface area contributed by atoms with Gasteiger partial charge in [-0.2, -0.15) is 0 Å². The molecule has 4 rings (SSSR count). The van der Waals surface area contributed by atoms with Gasteiger partial charge in [-0.15, -0.1) is 11.8 Å². The lowest BCUT2D eigenvalue weighted by molar-refractivity contribution is 0.0877. The van der Waals surface area contributed by atoms with E-state index in [2.05, 4.69) is 35.4 Å². The summed E-state index contributed by atoms with van der Waals surface area (Å²) in [5.74, 6) is 0.883. The standard InChI is InChI=1S/C19H19N3OS/c1-12-5-6-17-15(8-12)9-13(2)22(17)19(23)16-11-24-18(21-16)14-4-3-7-20-10-14/h3-10,16,18,21H,11H2,1-2H3. The first-order chi connectivity index (χ1) is 11.6. The van der Waals surface area contributed by atoms with E-state index in [4.69, 9.17) is 0 Å². The predicted molar refractivity (Wildman–Crippen MR) is 98.4 cm³/mol. The number of hydrogen-bond donors (Lipinski definition) is 1. The van der Waals surface area contributed by atoms with Crippen LogP contribution in [0.1, 0.15) is 27.0 Å². The Labute approximate surface area is 145 Å². The fraction of sp³-hybridized carbons (Fsp3) is 0.263. The van der Waals surface area contributed by atoms with Gasteiger partial charge in [0.1, 0.15) is 0 Å². The second-order valence-corrected chi connectivity index (χ2v) is 7.38. The van der Waals surface area contributed by atoms with Gasteiger partial charge < -0.3 is 0 Å². The predicted octanol–water partition coefficient (Wildman–Crippen LogP) is 3.70. The monoisotopic (exact) mass is 337 g/mol. The quantitative estimate of drug-likeness (QED) is 0.774. The van der Waals surface area contributed by atoms with Gasteiger partial charge in [0.15, 0.2) is 0 Å². The Hall–Kier alpha value is -2.11. The maximum absolute atomic E-state index is 13.1. The Balaban J connectivity index is 1.62. The van der Waals surface area contributed by atoms with Crippen molar-refractivity contribution in [3.05, 3.63) is 65.6 Å². The molecule has 1 fully saturated rings. The fourth-order valence-corrected chi connectivity index (χ4v) is 4.47. The van der Waals surface area contributed by atoms with E-state index in [9.17, 15) is 4.79 Å². The highest BCUT2D eigenvalue weighted by atomic mass is 32.2. The number of pyridine rings is 1. The number of fused-ring (bicyclic) bond motifs is 1. The van der Waals surface area contributed by atoms with Crippen molar-refractivity contribution >= 4 is 28.6 Å². The Morgan fingerprint density at radius 1 is 1.29 bits per heavy atom. The third kappa shape index (κ3) is 2.64. The summed E-state index contributed by atoms with van der Waals surface area (Å²) in [5.41, 5.74) is 4.29. The zero-order valence-corrected chi connectivity index (χ0v) is 14.5. The van der Waals surface area contributed by atoms with Crippen LogP contribution in [0.4, 0.5) is 0 Å². The third-order valence-corrected chi connectivity index (χ3v) is 5.70. The summed E-state index contributed by atoms with van der Waals surface area (Å²) in [4.78, 5) is 17.2. The summed E-state index contributed by atoms with van der Waals surface area (Å²) in [6, 6.07) is 12.1. The van der Waals surface area contributed by atoms with Crippen molar-refractivity contribution in [2.75, 3.05) is 5.75 Å². The molecule has 2 unspecified atom stereocenters. The van der Waals surface area contributed by atoms with Gasteiger partial charge in [-0.3, -0.25) is 19.7 Å². The molecule has 1 aliphatic heterocycles. The minimum atomic E-state index is -0.184. The smallest absolute Gasteiger partial charge is 0.249 e. The van der Waals surface area contributed by atoms with Gasteiger partial charge in [-0.1, -0.05) is 17.7 Å². The van der Waals surface area contributed by atoms with E-state index >= 15 is 0 Å². The Morgan fingerprint density at radius 3 is 2.96 bits per heavy atom. The molecule has 3 aromatic rings. The Morgan fingerprint density at radius 2 is 2.17 bits per heavy atom. The van der Waals surface area contributed by atoms with Crippen LogP contribution in [0.2, 0.25) is 0 Å². The molecule has 3 heterocycles. The van der Waals surface area contributed by atoms with E-state index in [1.165, 1.54) is 5.56 Å². The van der Waals surface area contributed by atoms with Crippen molar-refractivity contribution in [3.63, 3.8) is 0 Å². The first kappa shape index (κ1) is 15.4. The molecule has 5 heteroatoms. The van der Waals surface area contributed by atoms with Crippen LogP contribution in [-0.4, -0.2) is 27.3 Å². The van der Waals surface area contributed by atoms with Crippen LogP contribution in [0.3, 0.4) is 0 Å². The number of thioether (sulfide) groups is 1. The lowest BCUT2D eigenvalue weighted by Gasteiger charge is -2.15. The van der Waals surface area contributed by atoms with E-state index in [0.29, 0.717) is 0 Å². The van der Waals surface area contributed by atoms with E-state index in [1.54, 1.807) is 18.0 Å². The second kappa shape index (κ2) is 6.07. The van der Waals surface area contributed by atoms with Crippen LogP contribution in [0, 0.1) is 13.8 Å². The minimum Gasteiger partial charge on any atom is -0.290 e. The van der Waals surface area contributed by atoms with Gasteiger partial charge >= 0.3 is 0 Å². The molecule has 0 spiro atoms. The molecule has 24 heavy (non-hydrogen) atoms. The van der Waals surface area contributed by atoms with Crippen molar-refractivity contribution in [1.82, 2.24) is 14.9 Å². The van der Waals surface area contributed by atoms with Gasteiger partial charge in [-0.25, -0.2) is 0 Å². The van der Waals surface area contributed by atoms with E-state index < -0.39 is 0 Å². The number of hydrogen-bond acceptors (Lipinski definition) is 4. The van der Waals surface area contributed by atoms with Crippen LogP contribution < -0.4 is 5.32 Å². The summed E-state index contributed by atoms with van der Waals surface area (Å²) in [5, 5.41) is 4.69. The largest absolute Gasteiger partial charge is 0.290 e. The number of aryl methyl sites for hydroxylation is 2. The number of nitrogens with zero attached hydrogens (tertiary/aromatic N) is 2. The van der Waals surface area contributed by atoms with Crippen LogP contribution in [0.15, 0.2) is 48.8 Å². The van der Waals surface area contributed by atoms with Gasteiger partial charge in [0.2, 0.25) is 5.91 Å². The molecule has 0 radical (unpaired) electrons. The summed E-state index contributed by atoms with van der Waals surface area (Å²) >= 11 is 1.76. The van der Waals surface area contributed by atoms with Gasteiger partial charge in [0.25, 0.3) is 0 Å². The van der Waals surface area contributed by atoms with Gasteiger partial charge in [-0.05, 0) is 43.7 Å². The van der Waals surface area contributed by atoms with Crippen LogP contribution in [-0.2, 0) is 0 Å². The molecule has 0 saturated carbocycles. The summed E-state index contributed by atoms with van der Waals surface area (Å²) in [7, 11) is 0. The highest BCUT2D eigenvalue weighted by Gasteiger charge is 2.32. The van der Waals surface area contributed by atoms with Crippen molar-refractivity contribution in [2.24, 2.45) is 0 Å². The van der Waals surface area contributed by atoms with E-state index in [1.807, 2.05) is 35.9 Å². The number of carbonyl (C=O) groups excluding carboxylic acids is 1. The summed E-state index contributed by atoms with van der Waals surface area (Å²) in [6.45, 7) is 4.06. The van der Waals surface area contributed by atoms with Crippen molar-refractivity contribution < 1.29 is 4.79 Å². The molecule has 4 nitrogen and oxygen atoms in total. The lowest BCUT2D eigenvalue weighted by atomic mass is 10.2. The van der Waals surface area contributed by atoms with Crippen LogP contribution in [0.5, 0.6) is 0 Å². The number of rotatable bonds is 2. The SMILES string of the molecule is Cc1ccc2c(c1)cc(C)n2C(=O)C1CSC(c2cccnc2)N1. The molecule has 1 N–H and O–H groups in total. The van der Waals surface area contributed by atoms with Gasteiger partial charge in [0.05, 0.1) is 16.9 Å². The molecule has 0 amide bonds. The maximum Gasteiger partial charge on any atom is 0.249 e.